The van der Waals surface area contributed by atoms with E-state index in [0.717, 1.165) is 36.5 Å². The van der Waals surface area contributed by atoms with Gasteiger partial charge in [-0.1, -0.05) is 38.1 Å². The van der Waals surface area contributed by atoms with Crippen molar-refractivity contribution < 1.29 is 9.59 Å². The lowest BCUT2D eigenvalue weighted by atomic mass is 9.81. The number of thiophene rings is 1. The number of rotatable bonds is 8. The highest BCUT2D eigenvalue weighted by molar-refractivity contribution is 7.10. The largest absolute Gasteiger partial charge is 0.355 e. The Labute approximate surface area is 171 Å². The first-order chi connectivity index (χ1) is 13.6. The maximum Gasteiger partial charge on any atom is 0.254 e. The van der Waals surface area contributed by atoms with E-state index in [1.807, 2.05) is 41.8 Å². The fourth-order valence-corrected chi connectivity index (χ4v) is 4.84. The van der Waals surface area contributed by atoms with Gasteiger partial charge in [-0.3, -0.25) is 9.59 Å². The monoisotopic (exact) mass is 399 g/mol. The van der Waals surface area contributed by atoms with Crippen molar-refractivity contribution in [3.8, 4) is 0 Å². The van der Waals surface area contributed by atoms with Crippen molar-refractivity contribution in [2.75, 3.05) is 33.2 Å². The van der Waals surface area contributed by atoms with E-state index in [-0.39, 0.29) is 17.9 Å². The molecule has 0 fully saturated rings. The number of benzene rings is 1. The SMILES string of the molecule is CCN(CC)CCCNC(=O)[C@H]1c2ccccc2C(=O)N(C)[C@H]1c1cccs1. The standard InChI is InChI=1S/C22H29N3O2S/c1-4-25(5-2)14-9-13-23-21(26)19-16-10-6-7-11-17(16)22(27)24(3)20(19)18-12-8-15-28-18/h6-8,10-12,15,19-20H,4-5,9,13-14H2,1-3H3,(H,23,26)/t19-,20-/m0/s1. The zero-order chi connectivity index (χ0) is 20.1. The van der Waals surface area contributed by atoms with Crippen LogP contribution < -0.4 is 5.32 Å². The molecule has 0 saturated heterocycles. The summed E-state index contributed by atoms with van der Waals surface area (Å²) in [4.78, 5) is 31.2. The molecule has 5 nitrogen and oxygen atoms in total. The maximum absolute atomic E-state index is 13.2. The second-order valence-electron chi connectivity index (χ2n) is 7.11. The smallest absolute Gasteiger partial charge is 0.254 e. The summed E-state index contributed by atoms with van der Waals surface area (Å²) in [5.74, 6) is -0.435. The first kappa shape index (κ1) is 20.6. The van der Waals surface area contributed by atoms with Crippen molar-refractivity contribution >= 4 is 23.2 Å². The number of nitrogens with one attached hydrogen (secondary N) is 1. The minimum atomic E-state index is -0.397. The van der Waals surface area contributed by atoms with Gasteiger partial charge in [0.25, 0.3) is 5.91 Å². The van der Waals surface area contributed by atoms with Crippen LogP contribution in [-0.4, -0.2) is 54.8 Å². The molecule has 0 bridgehead atoms. The van der Waals surface area contributed by atoms with Gasteiger partial charge in [0, 0.05) is 24.0 Å². The van der Waals surface area contributed by atoms with Crippen LogP contribution in [0, 0.1) is 0 Å². The highest BCUT2D eigenvalue weighted by Gasteiger charge is 2.42. The van der Waals surface area contributed by atoms with Crippen LogP contribution in [0.5, 0.6) is 0 Å². The molecule has 1 aromatic heterocycles. The Morgan fingerprint density at radius 2 is 1.93 bits per heavy atom. The molecule has 0 saturated carbocycles. The molecule has 150 valence electrons. The van der Waals surface area contributed by atoms with E-state index in [2.05, 4.69) is 24.1 Å². The average molecular weight is 400 g/mol. The predicted octanol–water partition coefficient (Wildman–Crippen LogP) is 3.51. The first-order valence-corrected chi connectivity index (χ1v) is 10.9. The van der Waals surface area contributed by atoms with Gasteiger partial charge in [0.05, 0.1) is 12.0 Å². The van der Waals surface area contributed by atoms with Crippen LogP contribution in [0.1, 0.15) is 53.0 Å². The zero-order valence-electron chi connectivity index (χ0n) is 16.9. The molecular formula is C22H29N3O2S. The van der Waals surface area contributed by atoms with Gasteiger partial charge in [0.15, 0.2) is 0 Å². The van der Waals surface area contributed by atoms with Crippen molar-refractivity contribution in [2.24, 2.45) is 0 Å². The molecular weight excluding hydrogens is 370 g/mol. The van der Waals surface area contributed by atoms with Gasteiger partial charge < -0.3 is 15.1 Å². The van der Waals surface area contributed by atoms with Crippen molar-refractivity contribution in [1.82, 2.24) is 15.1 Å². The third-order valence-corrected chi connectivity index (χ3v) is 6.48. The van der Waals surface area contributed by atoms with Crippen molar-refractivity contribution in [3.05, 3.63) is 57.8 Å². The molecule has 0 spiro atoms. The van der Waals surface area contributed by atoms with Crippen LogP contribution in [0.3, 0.4) is 0 Å². The summed E-state index contributed by atoms with van der Waals surface area (Å²) < 4.78 is 0. The van der Waals surface area contributed by atoms with Crippen molar-refractivity contribution in [2.45, 2.75) is 32.2 Å². The second kappa shape index (κ2) is 9.34. The molecule has 1 aromatic carbocycles. The Kier molecular flexibility index (Phi) is 6.86. The van der Waals surface area contributed by atoms with E-state index in [1.54, 1.807) is 23.3 Å². The lowest BCUT2D eigenvalue weighted by Gasteiger charge is -2.39. The molecule has 28 heavy (non-hydrogen) atoms. The molecule has 0 radical (unpaired) electrons. The van der Waals surface area contributed by atoms with Gasteiger partial charge >= 0.3 is 0 Å². The van der Waals surface area contributed by atoms with Gasteiger partial charge in [0.1, 0.15) is 0 Å². The fraction of sp³-hybridized carbons (Fsp3) is 0.455. The summed E-state index contributed by atoms with van der Waals surface area (Å²) in [5, 5.41) is 5.12. The molecule has 2 heterocycles. The van der Waals surface area contributed by atoms with Crippen LogP contribution in [0.25, 0.3) is 0 Å². The minimum Gasteiger partial charge on any atom is -0.355 e. The zero-order valence-corrected chi connectivity index (χ0v) is 17.7. The summed E-state index contributed by atoms with van der Waals surface area (Å²) in [7, 11) is 1.79. The van der Waals surface area contributed by atoms with Gasteiger partial charge in [-0.15, -0.1) is 11.3 Å². The van der Waals surface area contributed by atoms with Gasteiger partial charge in [-0.05, 0) is 49.1 Å². The number of fused-ring (bicyclic) bond motifs is 1. The topological polar surface area (TPSA) is 52.7 Å². The Hall–Kier alpha value is -2.18. The third-order valence-electron chi connectivity index (χ3n) is 5.54. The Balaban J connectivity index is 1.81. The quantitative estimate of drug-likeness (QED) is 0.691. The van der Waals surface area contributed by atoms with E-state index in [4.69, 9.17) is 0 Å². The van der Waals surface area contributed by atoms with E-state index in [0.29, 0.717) is 12.1 Å². The third kappa shape index (κ3) is 4.13. The minimum absolute atomic E-state index is 0.00949. The number of nitrogens with zero attached hydrogens (tertiary/aromatic N) is 2. The predicted molar refractivity (Wildman–Crippen MR) is 114 cm³/mol. The van der Waals surface area contributed by atoms with Crippen molar-refractivity contribution in [3.63, 3.8) is 0 Å². The second-order valence-corrected chi connectivity index (χ2v) is 8.09. The van der Waals surface area contributed by atoms with Gasteiger partial charge in [-0.25, -0.2) is 0 Å². The molecule has 6 heteroatoms. The molecule has 3 rings (SSSR count). The van der Waals surface area contributed by atoms with Crippen LogP contribution >= 0.6 is 11.3 Å². The molecule has 0 unspecified atom stereocenters. The average Bonchev–Trinajstić information content (AvgIpc) is 3.24. The molecule has 1 aliphatic heterocycles. The molecule has 1 N–H and O–H groups in total. The number of hydrogen-bond acceptors (Lipinski definition) is 4. The molecule has 2 aromatic rings. The fourth-order valence-electron chi connectivity index (χ4n) is 3.94. The number of likely N-dealkylation sites (N-methyl/N-ethyl adjacent to an activating group) is 1. The molecule has 1 aliphatic rings. The number of carbonyl (C=O) groups excluding carboxylic acids is 2. The Morgan fingerprint density at radius 1 is 1.18 bits per heavy atom. The molecule has 0 aliphatic carbocycles. The van der Waals surface area contributed by atoms with Crippen LogP contribution in [0.4, 0.5) is 0 Å². The summed E-state index contributed by atoms with van der Waals surface area (Å²) in [5.41, 5.74) is 1.45. The Bertz CT molecular complexity index is 802. The van der Waals surface area contributed by atoms with Gasteiger partial charge in [-0.2, -0.15) is 0 Å². The Morgan fingerprint density at radius 3 is 2.61 bits per heavy atom. The summed E-state index contributed by atoms with van der Waals surface area (Å²) in [6.45, 7) is 7.96. The maximum atomic E-state index is 13.2. The van der Waals surface area contributed by atoms with Crippen LogP contribution in [0.2, 0.25) is 0 Å². The first-order valence-electron chi connectivity index (χ1n) is 9.98. The molecule has 2 amide bonds. The number of amides is 2. The summed E-state index contributed by atoms with van der Waals surface area (Å²) in [6.07, 6.45) is 0.917. The lowest BCUT2D eigenvalue weighted by Crippen LogP contribution is -2.45. The van der Waals surface area contributed by atoms with E-state index in [1.165, 1.54) is 0 Å². The van der Waals surface area contributed by atoms with Crippen LogP contribution in [0.15, 0.2) is 41.8 Å². The van der Waals surface area contributed by atoms with E-state index in [9.17, 15) is 9.59 Å². The lowest BCUT2D eigenvalue weighted by molar-refractivity contribution is -0.124. The van der Waals surface area contributed by atoms with Crippen molar-refractivity contribution in [1.29, 1.82) is 0 Å². The number of hydrogen-bond donors (Lipinski definition) is 1. The molecule has 2 atom stereocenters. The summed E-state index contributed by atoms with van der Waals surface area (Å²) >= 11 is 1.59. The van der Waals surface area contributed by atoms with Gasteiger partial charge in [0.2, 0.25) is 5.91 Å². The van der Waals surface area contributed by atoms with Crippen LogP contribution in [-0.2, 0) is 4.79 Å². The van der Waals surface area contributed by atoms with E-state index < -0.39 is 5.92 Å². The summed E-state index contributed by atoms with van der Waals surface area (Å²) in [6, 6.07) is 11.2. The normalized spacial score (nSPS) is 19.0. The van der Waals surface area contributed by atoms with E-state index >= 15 is 0 Å². The highest BCUT2D eigenvalue weighted by atomic mass is 32.1. The number of carbonyl (C=O) groups is 2. The highest BCUT2D eigenvalue weighted by Crippen LogP contribution is 2.43.